The Morgan fingerprint density at radius 2 is 2.05 bits per heavy atom. The van der Waals surface area contributed by atoms with E-state index in [0.717, 1.165) is 30.1 Å². The van der Waals surface area contributed by atoms with Gasteiger partial charge < -0.3 is 10.1 Å². The van der Waals surface area contributed by atoms with E-state index in [9.17, 15) is 0 Å². The molecule has 1 N–H and O–H groups in total. The number of ether oxygens (including phenoxy) is 1. The monoisotopic (exact) mass is 274 g/mol. The second-order valence-corrected chi connectivity index (χ2v) is 5.09. The van der Waals surface area contributed by atoms with Crippen molar-refractivity contribution in [2.75, 3.05) is 0 Å². The van der Waals surface area contributed by atoms with Crippen LogP contribution in [0, 0.1) is 6.92 Å². The van der Waals surface area contributed by atoms with Crippen molar-refractivity contribution >= 4 is 11.6 Å². The smallest absolute Gasteiger partial charge is 0.132 e. The maximum atomic E-state index is 6.00. The molecule has 19 heavy (non-hydrogen) atoms. The van der Waals surface area contributed by atoms with Crippen LogP contribution in [-0.4, -0.2) is 4.98 Å². The van der Waals surface area contributed by atoms with Crippen LogP contribution in [0.3, 0.4) is 0 Å². The van der Waals surface area contributed by atoms with Gasteiger partial charge in [-0.1, -0.05) is 23.7 Å². The molecule has 0 amide bonds. The minimum atomic E-state index is 0.437. The lowest BCUT2D eigenvalue weighted by Crippen LogP contribution is -2.00. The number of halogens is 1. The van der Waals surface area contributed by atoms with Crippen molar-refractivity contribution in [3.8, 4) is 5.75 Å². The van der Waals surface area contributed by atoms with Crippen molar-refractivity contribution < 1.29 is 4.74 Å². The average Bonchev–Trinajstić information content (AvgIpc) is 2.87. The number of benzene rings is 1. The summed E-state index contributed by atoms with van der Waals surface area (Å²) >= 11 is 6.00. The molecule has 0 atom stereocenters. The molecule has 1 aliphatic rings. The van der Waals surface area contributed by atoms with Gasteiger partial charge in [-0.05, 0) is 41.8 Å². The topological polar surface area (TPSA) is 34.1 Å². The molecule has 2 aromatic rings. The number of nitrogens with zero attached hydrogens (tertiary/aromatic N) is 1. The lowest BCUT2D eigenvalue weighted by Gasteiger charge is -2.08. The first kappa shape index (κ1) is 12.5. The molecular weight excluding hydrogens is 260 g/mol. The highest BCUT2D eigenvalue weighted by Gasteiger charge is 2.10. The fourth-order valence-corrected chi connectivity index (χ4v) is 2.31. The third kappa shape index (κ3) is 2.72. The summed E-state index contributed by atoms with van der Waals surface area (Å²) < 4.78 is 5.76. The molecule has 3 rings (SSSR count). The van der Waals surface area contributed by atoms with Crippen molar-refractivity contribution in [3.05, 3.63) is 57.9 Å². The second-order valence-electron chi connectivity index (χ2n) is 4.73. The van der Waals surface area contributed by atoms with Gasteiger partial charge >= 0.3 is 0 Å². The Morgan fingerprint density at radius 3 is 2.89 bits per heavy atom. The highest BCUT2D eigenvalue weighted by atomic mass is 35.5. The third-order valence-electron chi connectivity index (χ3n) is 3.29. The van der Waals surface area contributed by atoms with E-state index in [4.69, 9.17) is 16.3 Å². The second kappa shape index (κ2) is 5.19. The van der Waals surface area contributed by atoms with Crippen molar-refractivity contribution in [3.63, 3.8) is 0 Å². The normalized spacial score (nSPS) is 13.4. The van der Waals surface area contributed by atoms with Crippen LogP contribution in [0.5, 0.6) is 5.75 Å². The Hall–Kier alpha value is -1.58. The van der Waals surface area contributed by atoms with Gasteiger partial charge in [-0.25, -0.2) is 4.98 Å². The van der Waals surface area contributed by atoms with Gasteiger partial charge in [0.2, 0.25) is 0 Å². The Balaban J connectivity index is 1.70. The van der Waals surface area contributed by atoms with Gasteiger partial charge in [0.05, 0.1) is 5.69 Å². The zero-order valence-electron chi connectivity index (χ0n) is 10.7. The van der Waals surface area contributed by atoms with E-state index in [1.165, 1.54) is 11.1 Å². The molecule has 3 nitrogen and oxygen atoms in total. The lowest BCUT2D eigenvalue weighted by molar-refractivity contribution is 0.301. The molecule has 0 radical (unpaired) electrons. The SMILES string of the molecule is Cc1ccc(COc2ccc3c(c2)CNC3)nc1Cl. The molecule has 1 aromatic carbocycles. The Bertz CT molecular complexity index is 613. The van der Waals surface area contributed by atoms with Gasteiger partial charge in [-0.15, -0.1) is 0 Å². The summed E-state index contributed by atoms with van der Waals surface area (Å²) in [5.74, 6) is 0.876. The number of aryl methyl sites for hydroxylation is 1. The number of pyridine rings is 1. The Morgan fingerprint density at radius 1 is 1.21 bits per heavy atom. The van der Waals surface area contributed by atoms with Gasteiger partial charge in [-0.2, -0.15) is 0 Å². The standard InChI is InChI=1S/C15H15ClN2O/c1-10-2-4-13(18-15(10)16)9-19-14-5-3-11-7-17-8-12(11)6-14/h2-6,17H,7-9H2,1H3. The van der Waals surface area contributed by atoms with Gasteiger partial charge in [0.25, 0.3) is 0 Å². The summed E-state index contributed by atoms with van der Waals surface area (Å²) in [7, 11) is 0. The Kier molecular flexibility index (Phi) is 3.40. The minimum absolute atomic E-state index is 0.437. The van der Waals surface area contributed by atoms with Crippen LogP contribution in [-0.2, 0) is 19.7 Å². The lowest BCUT2D eigenvalue weighted by atomic mass is 10.1. The van der Waals surface area contributed by atoms with E-state index < -0.39 is 0 Å². The maximum absolute atomic E-state index is 6.00. The predicted octanol–water partition coefficient (Wildman–Crippen LogP) is 3.23. The molecule has 0 fully saturated rings. The molecule has 4 heteroatoms. The van der Waals surface area contributed by atoms with Gasteiger partial charge in [-0.3, -0.25) is 0 Å². The minimum Gasteiger partial charge on any atom is -0.487 e. The molecule has 2 heterocycles. The van der Waals surface area contributed by atoms with Crippen LogP contribution >= 0.6 is 11.6 Å². The fraction of sp³-hybridized carbons (Fsp3) is 0.267. The molecule has 0 spiro atoms. The van der Waals surface area contributed by atoms with Crippen molar-refractivity contribution in [2.45, 2.75) is 26.6 Å². The van der Waals surface area contributed by atoms with Gasteiger partial charge in [0.1, 0.15) is 17.5 Å². The van der Waals surface area contributed by atoms with Crippen LogP contribution in [0.15, 0.2) is 30.3 Å². The highest BCUT2D eigenvalue weighted by molar-refractivity contribution is 6.30. The summed E-state index contributed by atoms with van der Waals surface area (Å²) in [6, 6.07) is 10.1. The van der Waals surface area contributed by atoms with E-state index >= 15 is 0 Å². The third-order valence-corrected chi connectivity index (χ3v) is 3.67. The molecule has 1 aromatic heterocycles. The van der Waals surface area contributed by atoms with Crippen LogP contribution in [0.1, 0.15) is 22.4 Å². The van der Waals surface area contributed by atoms with Crippen molar-refractivity contribution in [1.29, 1.82) is 0 Å². The zero-order chi connectivity index (χ0) is 13.2. The maximum Gasteiger partial charge on any atom is 0.132 e. The molecule has 0 saturated carbocycles. The number of hydrogen-bond acceptors (Lipinski definition) is 3. The molecule has 0 aliphatic carbocycles. The fourth-order valence-electron chi connectivity index (χ4n) is 2.14. The van der Waals surface area contributed by atoms with Crippen LogP contribution in [0.4, 0.5) is 0 Å². The number of aromatic nitrogens is 1. The summed E-state index contributed by atoms with van der Waals surface area (Å²) in [6.45, 7) is 4.24. The summed E-state index contributed by atoms with van der Waals surface area (Å²) in [4.78, 5) is 4.29. The van der Waals surface area contributed by atoms with Crippen LogP contribution in [0.25, 0.3) is 0 Å². The summed E-state index contributed by atoms with van der Waals surface area (Å²) in [5, 5.41) is 3.86. The highest BCUT2D eigenvalue weighted by Crippen LogP contribution is 2.22. The largest absolute Gasteiger partial charge is 0.487 e. The van der Waals surface area contributed by atoms with E-state index in [0.29, 0.717) is 11.8 Å². The molecule has 1 aliphatic heterocycles. The summed E-state index contributed by atoms with van der Waals surface area (Å²) in [5.41, 5.74) is 4.49. The zero-order valence-corrected chi connectivity index (χ0v) is 11.5. The first-order valence-electron chi connectivity index (χ1n) is 6.30. The molecule has 0 saturated heterocycles. The Labute approximate surface area is 117 Å². The number of nitrogens with one attached hydrogen (secondary N) is 1. The molecular formula is C15H15ClN2O. The van der Waals surface area contributed by atoms with Gasteiger partial charge in [0.15, 0.2) is 0 Å². The van der Waals surface area contributed by atoms with E-state index in [2.05, 4.69) is 22.4 Å². The van der Waals surface area contributed by atoms with Crippen molar-refractivity contribution in [2.24, 2.45) is 0 Å². The molecule has 0 unspecified atom stereocenters. The van der Waals surface area contributed by atoms with E-state index in [1.807, 2.05) is 25.1 Å². The number of hydrogen-bond donors (Lipinski definition) is 1. The quantitative estimate of drug-likeness (QED) is 0.873. The first-order chi connectivity index (χ1) is 9.22. The molecule has 0 bridgehead atoms. The van der Waals surface area contributed by atoms with Crippen LogP contribution < -0.4 is 10.1 Å². The van der Waals surface area contributed by atoms with Gasteiger partial charge in [0, 0.05) is 13.1 Å². The first-order valence-corrected chi connectivity index (χ1v) is 6.67. The van der Waals surface area contributed by atoms with E-state index in [-0.39, 0.29) is 0 Å². The summed E-state index contributed by atoms with van der Waals surface area (Å²) in [6.07, 6.45) is 0. The van der Waals surface area contributed by atoms with Crippen LogP contribution in [0.2, 0.25) is 5.15 Å². The van der Waals surface area contributed by atoms with Crippen molar-refractivity contribution in [1.82, 2.24) is 10.3 Å². The number of fused-ring (bicyclic) bond motifs is 1. The van der Waals surface area contributed by atoms with E-state index in [1.54, 1.807) is 0 Å². The molecule has 98 valence electrons. The predicted molar refractivity (Wildman–Crippen MR) is 75.3 cm³/mol. The number of rotatable bonds is 3. The average molecular weight is 275 g/mol.